The second kappa shape index (κ2) is 5.54. The predicted octanol–water partition coefficient (Wildman–Crippen LogP) is 4.48. The minimum atomic E-state index is 0.578. The summed E-state index contributed by atoms with van der Waals surface area (Å²) < 4.78 is 0. The van der Waals surface area contributed by atoms with Crippen molar-refractivity contribution in [3.05, 3.63) is 42.0 Å². The molecule has 0 aromatic heterocycles. The Morgan fingerprint density at radius 2 is 1.85 bits per heavy atom. The molecule has 0 bridgehead atoms. The van der Waals surface area contributed by atoms with Crippen LogP contribution in [0.1, 0.15) is 38.2 Å². The van der Waals surface area contributed by atoms with Gasteiger partial charge in [0.25, 0.3) is 0 Å². The first kappa shape index (κ1) is 13.0. The highest BCUT2D eigenvalue weighted by Gasteiger charge is 2.19. The molecule has 1 aliphatic heterocycles. The average Bonchev–Trinajstić information content (AvgIpc) is 2.71. The lowest BCUT2D eigenvalue weighted by molar-refractivity contribution is 0.617. The summed E-state index contributed by atoms with van der Waals surface area (Å²) >= 11 is 0. The SMILES string of the molecule is CC1CCCCCN1c1ccc(C#N)c2ccccc12. The maximum absolute atomic E-state index is 9.27. The van der Waals surface area contributed by atoms with E-state index in [1.165, 1.54) is 36.8 Å². The summed E-state index contributed by atoms with van der Waals surface area (Å²) in [4.78, 5) is 2.52. The second-order valence-corrected chi connectivity index (χ2v) is 5.68. The third-order valence-corrected chi connectivity index (χ3v) is 4.38. The fraction of sp³-hybridized carbons (Fsp3) is 0.389. The van der Waals surface area contributed by atoms with Gasteiger partial charge in [-0.1, -0.05) is 37.1 Å². The van der Waals surface area contributed by atoms with Crippen molar-refractivity contribution in [1.29, 1.82) is 5.26 Å². The monoisotopic (exact) mass is 264 g/mol. The van der Waals surface area contributed by atoms with Crippen LogP contribution >= 0.6 is 0 Å². The van der Waals surface area contributed by atoms with Crippen molar-refractivity contribution in [2.45, 2.75) is 38.6 Å². The predicted molar refractivity (Wildman–Crippen MR) is 83.9 cm³/mol. The van der Waals surface area contributed by atoms with E-state index >= 15 is 0 Å². The quantitative estimate of drug-likeness (QED) is 0.759. The first-order valence-corrected chi connectivity index (χ1v) is 7.50. The maximum atomic E-state index is 9.27. The van der Waals surface area contributed by atoms with Crippen molar-refractivity contribution in [2.75, 3.05) is 11.4 Å². The van der Waals surface area contributed by atoms with Gasteiger partial charge in [-0.05, 0) is 31.9 Å². The molecule has 0 N–H and O–H groups in total. The van der Waals surface area contributed by atoms with Crippen LogP contribution in [0.5, 0.6) is 0 Å². The average molecular weight is 264 g/mol. The van der Waals surface area contributed by atoms with Gasteiger partial charge in [-0.25, -0.2) is 0 Å². The molecule has 2 heteroatoms. The Balaban J connectivity index is 2.14. The zero-order valence-corrected chi connectivity index (χ0v) is 12.0. The first-order chi connectivity index (χ1) is 9.81. The molecule has 1 fully saturated rings. The number of rotatable bonds is 1. The molecule has 0 radical (unpaired) electrons. The maximum Gasteiger partial charge on any atom is 0.0998 e. The van der Waals surface area contributed by atoms with Crippen molar-refractivity contribution in [3.63, 3.8) is 0 Å². The topological polar surface area (TPSA) is 27.0 Å². The summed E-state index contributed by atoms with van der Waals surface area (Å²) in [6, 6.07) is 15.3. The van der Waals surface area contributed by atoms with E-state index in [4.69, 9.17) is 0 Å². The van der Waals surface area contributed by atoms with E-state index in [2.05, 4.69) is 42.2 Å². The molecule has 102 valence electrons. The Morgan fingerprint density at radius 3 is 2.65 bits per heavy atom. The number of nitrogens with zero attached hydrogens (tertiary/aromatic N) is 2. The van der Waals surface area contributed by atoms with E-state index in [-0.39, 0.29) is 0 Å². The van der Waals surface area contributed by atoms with Gasteiger partial charge in [-0.15, -0.1) is 0 Å². The minimum absolute atomic E-state index is 0.578. The van der Waals surface area contributed by atoms with Gasteiger partial charge in [0.1, 0.15) is 0 Å². The number of hydrogen-bond donors (Lipinski definition) is 0. The Hall–Kier alpha value is -2.01. The zero-order chi connectivity index (χ0) is 13.9. The molecule has 0 aliphatic carbocycles. The van der Waals surface area contributed by atoms with E-state index in [0.717, 1.165) is 17.5 Å². The van der Waals surface area contributed by atoms with Crippen molar-refractivity contribution < 1.29 is 0 Å². The summed E-state index contributed by atoms with van der Waals surface area (Å²) in [5, 5.41) is 11.6. The molecule has 1 unspecified atom stereocenters. The van der Waals surface area contributed by atoms with Crippen LogP contribution in [0.3, 0.4) is 0 Å². The molecule has 2 nitrogen and oxygen atoms in total. The third-order valence-electron chi connectivity index (χ3n) is 4.38. The van der Waals surface area contributed by atoms with E-state index in [0.29, 0.717) is 6.04 Å². The Kier molecular flexibility index (Phi) is 3.60. The van der Waals surface area contributed by atoms with E-state index in [1.54, 1.807) is 0 Å². The lowest BCUT2D eigenvalue weighted by atomic mass is 10.0. The van der Waals surface area contributed by atoms with Gasteiger partial charge in [0, 0.05) is 29.0 Å². The van der Waals surface area contributed by atoms with Gasteiger partial charge in [0.2, 0.25) is 0 Å². The fourth-order valence-corrected chi connectivity index (χ4v) is 3.26. The molecule has 2 aromatic carbocycles. The molecule has 1 heterocycles. The molecule has 1 aliphatic rings. The van der Waals surface area contributed by atoms with E-state index in [1.807, 2.05) is 12.1 Å². The molecule has 0 spiro atoms. The molecule has 0 saturated carbocycles. The smallest absolute Gasteiger partial charge is 0.0998 e. The van der Waals surface area contributed by atoms with Gasteiger partial charge in [-0.3, -0.25) is 0 Å². The van der Waals surface area contributed by atoms with Crippen molar-refractivity contribution in [3.8, 4) is 6.07 Å². The highest BCUT2D eigenvalue weighted by Crippen LogP contribution is 2.32. The normalized spacial score (nSPS) is 19.6. The molecule has 20 heavy (non-hydrogen) atoms. The first-order valence-electron chi connectivity index (χ1n) is 7.50. The lowest BCUT2D eigenvalue weighted by Crippen LogP contribution is -2.32. The minimum Gasteiger partial charge on any atom is -0.368 e. The third kappa shape index (κ3) is 2.25. The summed E-state index contributed by atoms with van der Waals surface area (Å²) in [5.41, 5.74) is 2.06. The van der Waals surface area contributed by atoms with Crippen LogP contribution in [-0.2, 0) is 0 Å². The van der Waals surface area contributed by atoms with Crippen molar-refractivity contribution >= 4 is 16.5 Å². The summed E-state index contributed by atoms with van der Waals surface area (Å²) in [7, 11) is 0. The van der Waals surface area contributed by atoms with Crippen LogP contribution in [0.25, 0.3) is 10.8 Å². The summed E-state index contributed by atoms with van der Waals surface area (Å²) in [6.45, 7) is 3.44. The fourth-order valence-electron chi connectivity index (χ4n) is 3.26. The summed E-state index contributed by atoms with van der Waals surface area (Å²) in [6.07, 6.45) is 5.17. The number of benzene rings is 2. The van der Waals surface area contributed by atoms with Crippen LogP contribution < -0.4 is 4.90 Å². The van der Waals surface area contributed by atoms with Crippen LogP contribution in [-0.4, -0.2) is 12.6 Å². The molecular weight excluding hydrogens is 244 g/mol. The summed E-state index contributed by atoms with van der Waals surface area (Å²) in [5.74, 6) is 0. The number of anilines is 1. The Labute approximate surface area is 120 Å². The van der Waals surface area contributed by atoms with Crippen LogP contribution in [0.15, 0.2) is 36.4 Å². The number of fused-ring (bicyclic) bond motifs is 1. The molecule has 2 aromatic rings. The van der Waals surface area contributed by atoms with Gasteiger partial charge < -0.3 is 4.90 Å². The molecule has 3 rings (SSSR count). The van der Waals surface area contributed by atoms with E-state index < -0.39 is 0 Å². The van der Waals surface area contributed by atoms with Crippen LogP contribution in [0.2, 0.25) is 0 Å². The highest BCUT2D eigenvalue weighted by molar-refractivity contribution is 5.97. The Bertz CT molecular complexity index is 654. The highest BCUT2D eigenvalue weighted by atomic mass is 15.2. The molecule has 0 amide bonds. The van der Waals surface area contributed by atoms with Gasteiger partial charge in [0.05, 0.1) is 11.6 Å². The standard InChI is InChI=1S/C18H20N2/c1-14-7-3-2-6-12-20(14)18-11-10-15(13-19)16-8-4-5-9-17(16)18/h4-5,8-11,14H,2-3,6-7,12H2,1H3. The van der Waals surface area contributed by atoms with Crippen molar-refractivity contribution in [1.82, 2.24) is 0 Å². The van der Waals surface area contributed by atoms with Gasteiger partial charge in [-0.2, -0.15) is 5.26 Å². The largest absolute Gasteiger partial charge is 0.368 e. The number of hydrogen-bond acceptors (Lipinski definition) is 2. The van der Waals surface area contributed by atoms with Gasteiger partial charge >= 0.3 is 0 Å². The molecule has 1 atom stereocenters. The second-order valence-electron chi connectivity index (χ2n) is 5.68. The van der Waals surface area contributed by atoms with Crippen molar-refractivity contribution in [2.24, 2.45) is 0 Å². The van der Waals surface area contributed by atoms with Gasteiger partial charge in [0.15, 0.2) is 0 Å². The van der Waals surface area contributed by atoms with E-state index in [9.17, 15) is 5.26 Å². The Morgan fingerprint density at radius 1 is 1.05 bits per heavy atom. The lowest BCUT2D eigenvalue weighted by Gasteiger charge is -2.30. The molecular formula is C18H20N2. The van der Waals surface area contributed by atoms with Crippen LogP contribution in [0.4, 0.5) is 5.69 Å². The number of nitriles is 1. The van der Waals surface area contributed by atoms with Crippen LogP contribution in [0, 0.1) is 11.3 Å². The zero-order valence-electron chi connectivity index (χ0n) is 12.0. The molecule has 1 saturated heterocycles.